The van der Waals surface area contributed by atoms with E-state index in [4.69, 9.17) is 0 Å². The molecule has 1 saturated heterocycles. The van der Waals surface area contributed by atoms with E-state index in [0.29, 0.717) is 12.2 Å². The lowest BCUT2D eigenvalue weighted by Crippen LogP contribution is -2.35. The number of hydrogen-bond acceptors (Lipinski definition) is 5. The van der Waals surface area contributed by atoms with Crippen molar-refractivity contribution < 1.29 is 9.59 Å². The van der Waals surface area contributed by atoms with Gasteiger partial charge >= 0.3 is 0 Å². The topological polar surface area (TPSA) is 75.2 Å². The van der Waals surface area contributed by atoms with Gasteiger partial charge in [0.05, 0.1) is 0 Å². The highest BCUT2D eigenvalue weighted by atomic mass is 32.1. The fraction of sp³-hybridized carbons (Fsp3) is 0.333. The molecule has 0 spiro atoms. The van der Waals surface area contributed by atoms with E-state index in [2.05, 4.69) is 21.4 Å². The molecule has 2 amide bonds. The van der Waals surface area contributed by atoms with Crippen molar-refractivity contribution in [3.8, 4) is 0 Å². The summed E-state index contributed by atoms with van der Waals surface area (Å²) in [7, 11) is 0. The molecule has 4 heterocycles. The molecule has 6 nitrogen and oxygen atoms in total. The zero-order valence-electron chi connectivity index (χ0n) is 15.6. The minimum Gasteiger partial charge on any atom is -0.339 e. The van der Waals surface area contributed by atoms with E-state index in [1.165, 1.54) is 5.57 Å². The molecule has 144 valence electrons. The van der Waals surface area contributed by atoms with Crippen LogP contribution in [-0.2, 0) is 16.0 Å². The number of amides is 2. The fourth-order valence-electron chi connectivity index (χ4n) is 3.47. The molecule has 4 rings (SSSR count). The number of fused-ring (bicyclic) bond motifs is 1. The maximum atomic E-state index is 12.5. The number of thiazole rings is 1. The molecule has 2 aliphatic rings. The molecular formula is C21H22N4O2S. The van der Waals surface area contributed by atoms with Crippen LogP contribution in [0, 0.1) is 0 Å². The third-order valence-corrected chi connectivity index (χ3v) is 5.73. The first-order chi connectivity index (χ1) is 13.7. The Bertz CT molecular complexity index is 924. The quantitative estimate of drug-likeness (QED) is 0.808. The van der Waals surface area contributed by atoms with Gasteiger partial charge in [-0.15, -0.1) is 11.3 Å². The third-order valence-electron chi connectivity index (χ3n) is 5.01. The number of aromatic nitrogens is 2. The van der Waals surface area contributed by atoms with Crippen molar-refractivity contribution in [3.05, 3.63) is 51.6 Å². The lowest BCUT2D eigenvalue weighted by molar-refractivity contribution is -0.126. The van der Waals surface area contributed by atoms with E-state index in [0.717, 1.165) is 54.9 Å². The number of nitrogens with one attached hydrogen (secondary N) is 1. The van der Waals surface area contributed by atoms with Gasteiger partial charge in [0.25, 0.3) is 0 Å². The number of rotatable bonds is 3. The second-order valence-electron chi connectivity index (χ2n) is 7.01. The molecule has 0 atom stereocenters. The summed E-state index contributed by atoms with van der Waals surface area (Å²) in [5.41, 5.74) is 3.25. The van der Waals surface area contributed by atoms with E-state index >= 15 is 0 Å². The first kappa shape index (κ1) is 18.6. The summed E-state index contributed by atoms with van der Waals surface area (Å²) in [6.45, 7) is 1.46. The number of carbonyl (C=O) groups excluding carboxylic acids is 2. The monoisotopic (exact) mass is 394 g/mol. The number of aryl methyl sites for hydroxylation is 1. The maximum absolute atomic E-state index is 12.5. The molecule has 0 saturated carbocycles. The van der Waals surface area contributed by atoms with Gasteiger partial charge in [-0.2, -0.15) is 0 Å². The number of piperidine rings is 1. The minimum absolute atomic E-state index is 0.0121. The molecule has 28 heavy (non-hydrogen) atoms. The standard InChI is InChI=1S/C21H22N4O2S/c26-18-3-1-2-17-12-16(14-23-21(17)24-18)4-5-20(27)25-9-6-15(7-10-25)13-19-22-8-11-28-19/h4-5,8,11-14H,1-3,6-7,9-10H2,(H,23,24,26). The smallest absolute Gasteiger partial charge is 0.246 e. The number of anilines is 1. The van der Waals surface area contributed by atoms with Gasteiger partial charge in [-0.05, 0) is 55.0 Å². The van der Waals surface area contributed by atoms with Gasteiger partial charge in [-0.3, -0.25) is 9.59 Å². The van der Waals surface area contributed by atoms with Gasteiger partial charge in [0, 0.05) is 43.4 Å². The van der Waals surface area contributed by atoms with Crippen molar-refractivity contribution in [1.82, 2.24) is 14.9 Å². The molecule has 2 aliphatic heterocycles. The molecule has 1 fully saturated rings. The largest absolute Gasteiger partial charge is 0.339 e. The van der Waals surface area contributed by atoms with E-state index in [-0.39, 0.29) is 11.8 Å². The second-order valence-corrected chi connectivity index (χ2v) is 7.94. The Morgan fingerprint density at radius 1 is 1.18 bits per heavy atom. The van der Waals surface area contributed by atoms with Crippen molar-refractivity contribution in [2.45, 2.75) is 32.1 Å². The highest BCUT2D eigenvalue weighted by Crippen LogP contribution is 2.22. The predicted molar refractivity (Wildman–Crippen MR) is 111 cm³/mol. The van der Waals surface area contributed by atoms with Gasteiger partial charge in [-0.1, -0.05) is 5.57 Å². The summed E-state index contributed by atoms with van der Waals surface area (Å²) in [6, 6.07) is 2.00. The Labute approximate surface area is 168 Å². The highest BCUT2D eigenvalue weighted by Gasteiger charge is 2.18. The average molecular weight is 395 g/mol. The van der Waals surface area contributed by atoms with Crippen molar-refractivity contribution in [3.63, 3.8) is 0 Å². The number of carbonyl (C=O) groups is 2. The van der Waals surface area contributed by atoms with Crippen LogP contribution >= 0.6 is 11.3 Å². The highest BCUT2D eigenvalue weighted by molar-refractivity contribution is 7.10. The zero-order chi connectivity index (χ0) is 19.3. The molecule has 0 unspecified atom stereocenters. The van der Waals surface area contributed by atoms with Crippen LogP contribution in [-0.4, -0.2) is 39.8 Å². The van der Waals surface area contributed by atoms with Gasteiger partial charge in [0.1, 0.15) is 10.8 Å². The maximum Gasteiger partial charge on any atom is 0.246 e. The Morgan fingerprint density at radius 3 is 2.82 bits per heavy atom. The van der Waals surface area contributed by atoms with E-state index in [9.17, 15) is 9.59 Å². The molecule has 2 aromatic heterocycles. The number of hydrogen-bond donors (Lipinski definition) is 1. The second kappa shape index (κ2) is 8.48. The Kier molecular flexibility index (Phi) is 5.62. The van der Waals surface area contributed by atoms with E-state index in [1.54, 1.807) is 23.6 Å². The van der Waals surface area contributed by atoms with Gasteiger partial charge in [0.2, 0.25) is 11.8 Å². The number of pyridine rings is 1. The van der Waals surface area contributed by atoms with Crippen molar-refractivity contribution >= 4 is 41.1 Å². The van der Waals surface area contributed by atoms with Crippen LogP contribution in [0.2, 0.25) is 0 Å². The summed E-state index contributed by atoms with van der Waals surface area (Å²) < 4.78 is 0. The van der Waals surface area contributed by atoms with Crippen LogP contribution in [0.15, 0.2) is 35.5 Å². The lowest BCUT2D eigenvalue weighted by Gasteiger charge is -2.27. The minimum atomic E-state index is 0.0121. The van der Waals surface area contributed by atoms with Gasteiger partial charge < -0.3 is 10.2 Å². The molecule has 0 aromatic carbocycles. The Hall–Kier alpha value is -2.80. The molecular weight excluding hydrogens is 372 g/mol. The normalized spacial score (nSPS) is 17.2. The Morgan fingerprint density at radius 2 is 2.04 bits per heavy atom. The zero-order valence-corrected chi connectivity index (χ0v) is 16.4. The third kappa shape index (κ3) is 4.54. The first-order valence-corrected chi connectivity index (χ1v) is 10.4. The lowest BCUT2D eigenvalue weighted by atomic mass is 10.0. The molecule has 2 aromatic rings. The predicted octanol–water partition coefficient (Wildman–Crippen LogP) is 3.53. The van der Waals surface area contributed by atoms with Crippen molar-refractivity contribution in [2.24, 2.45) is 0 Å². The van der Waals surface area contributed by atoms with E-state index in [1.807, 2.05) is 28.6 Å². The molecule has 7 heteroatoms. The van der Waals surface area contributed by atoms with Crippen LogP contribution in [0.1, 0.15) is 41.8 Å². The van der Waals surface area contributed by atoms with Crippen LogP contribution in [0.3, 0.4) is 0 Å². The SMILES string of the molecule is O=C1CCCc2cc(C=CC(=O)N3CCC(=Cc4nccs4)CC3)cnc2N1. The summed E-state index contributed by atoms with van der Waals surface area (Å²) >= 11 is 1.63. The van der Waals surface area contributed by atoms with Crippen LogP contribution in [0.25, 0.3) is 12.2 Å². The summed E-state index contributed by atoms with van der Waals surface area (Å²) in [6.07, 6.45) is 13.0. The number of likely N-dealkylation sites (tertiary alicyclic amines) is 1. The van der Waals surface area contributed by atoms with Crippen LogP contribution in [0.4, 0.5) is 5.82 Å². The molecule has 0 radical (unpaired) electrons. The molecule has 0 bridgehead atoms. The van der Waals surface area contributed by atoms with Crippen LogP contribution in [0.5, 0.6) is 0 Å². The van der Waals surface area contributed by atoms with Crippen LogP contribution < -0.4 is 5.32 Å². The summed E-state index contributed by atoms with van der Waals surface area (Å²) in [5, 5.41) is 5.83. The molecule has 1 N–H and O–H groups in total. The average Bonchev–Trinajstić information content (AvgIpc) is 3.14. The van der Waals surface area contributed by atoms with Crippen molar-refractivity contribution in [1.29, 1.82) is 0 Å². The summed E-state index contributed by atoms with van der Waals surface area (Å²) in [5.74, 6) is 0.677. The Balaban J connectivity index is 1.36. The van der Waals surface area contributed by atoms with Gasteiger partial charge in [-0.25, -0.2) is 9.97 Å². The first-order valence-electron chi connectivity index (χ1n) is 9.52. The van der Waals surface area contributed by atoms with Crippen molar-refractivity contribution in [2.75, 3.05) is 18.4 Å². The fourth-order valence-corrected chi connectivity index (χ4v) is 4.09. The van der Waals surface area contributed by atoms with E-state index < -0.39 is 0 Å². The number of nitrogens with zero attached hydrogens (tertiary/aromatic N) is 3. The summed E-state index contributed by atoms with van der Waals surface area (Å²) in [4.78, 5) is 34.6. The molecule has 0 aliphatic carbocycles. The van der Waals surface area contributed by atoms with Gasteiger partial charge in [0.15, 0.2) is 0 Å².